The second-order valence-electron chi connectivity index (χ2n) is 12.2. The first kappa shape index (κ1) is 34.6. The molecule has 0 bridgehead atoms. The van der Waals surface area contributed by atoms with E-state index in [1.807, 2.05) is 57.2 Å². The summed E-state index contributed by atoms with van der Waals surface area (Å²) in [6.07, 6.45) is 2.35. The molecule has 0 spiro atoms. The molecule has 4 aromatic rings. The molecule has 10 nitrogen and oxygen atoms in total. The average molecular weight is 657 g/mol. The molecule has 1 saturated heterocycles. The molecular weight excluding hydrogens is 611 g/mol. The topological polar surface area (TPSA) is 92.3 Å². The summed E-state index contributed by atoms with van der Waals surface area (Å²) in [6.45, 7) is 11.7. The number of aryl methyl sites for hydroxylation is 3. The van der Waals surface area contributed by atoms with Crippen LogP contribution in [0, 0.1) is 26.6 Å². The lowest BCUT2D eigenvalue weighted by molar-refractivity contribution is 0.145. The van der Waals surface area contributed by atoms with Crippen molar-refractivity contribution in [2.75, 3.05) is 70.2 Å². The highest BCUT2D eigenvalue weighted by atomic mass is 19.1. The van der Waals surface area contributed by atoms with E-state index in [-0.39, 0.29) is 11.7 Å². The van der Waals surface area contributed by atoms with Gasteiger partial charge in [-0.3, -0.25) is 4.90 Å². The molecule has 48 heavy (non-hydrogen) atoms. The Kier molecular flexibility index (Phi) is 11.8. The number of hydrogen-bond donors (Lipinski definition) is 1. The van der Waals surface area contributed by atoms with E-state index in [4.69, 9.17) is 14.2 Å². The molecule has 11 heteroatoms. The average Bonchev–Trinajstić information content (AvgIpc) is 3.07. The van der Waals surface area contributed by atoms with E-state index in [1.165, 1.54) is 11.0 Å². The fourth-order valence-corrected chi connectivity index (χ4v) is 5.73. The van der Waals surface area contributed by atoms with Crippen LogP contribution >= 0.6 is 0 Å². The molecule has 2 heterocycles. The van der Waals surface area contributed by atoms with Crippen molar-refractivity contribution in [3.05, 3.63) is 94.9 Å². The summed E-state index contributed by atoms with van der Waals surface area (Å²) in [4.78, 5) is 28.9. The number of ether oxygens (including phenoxy) is 3. The van der Waals surface area contributed by atoms with Crippen LogP contribution in [0.25, 0.3) is 0 Å². The van der Waals surface area contributed by atoms with Crippen molar-refractivity contribution < 1.29 is 23.4 Å². The highest BCUT2D eigenvalue weighted by Gasteiger charge is 2.22. The van der Waals surface area contributed by atoms with Crippen molar-refractivity contribution in [1.29, 1.82) is 0 Å². The summed E-state index contributed by atoms with van der Waals surface area (Å²) in [7, 11) is 3.76. The molecule has 5 rings (SSSR count). The number of piperazine rings is 1. The van der Waals surface area contributed by atoms with Crippen LogP contribution in [0.4, 0.5) is 26.6 Å². The normalized spacial score (nSPS) is 13.6. The van der Waals surface area contributed by atoms with Gasteiger partial charge in [-0.1, -0.05) is 29.8 Å². The smallest absolute Gasteiger partial charge is 0.420 e. The summed E-state index contributed by atoms with van der Waals surface area (Å²) >= 11 is 0. The maximum Gasteiger partial charge on any atom is 0.420 e. The van der Waals surface area contributed by atoms with E-state index in [0.29, 0.717) is 36.8 Å². The Morgan fingerprint density at radius 3 is 2.40 bits per heavy atom. The number of nitrogens with zero attached hydrogens (tertiary/aromatic N) is 5. The zero-order valence-corrected chi connectivity index (χ0v) is 28.5. The maximum absolute atomic E-state index is 15.0. The summed E-state index contributed by atoms with van der Waals surface area (Å²) in [5, 5.41) is 3.06. The van der Waals surface area contributed by atoms with Crippen LogP contribution in [0.3, 0.4) is 0 Å². The zero-order chi connectivity index (χ0) is 34.0. The van der Waals surface area contributed by atoms with Gasteiger partial charge < -0.3 is 29.3 Å². The van der Waals surface area contributed by atoms with E-state index in [1.54, 1.807) is 31.5 Å². The van der Waals surface area contributed by atoms with Crippen LogP contribution in [0.2, 0.25) is 0 Å². The van der Waals surface area contributed by atoms with Crippen molar-refractivity contribution in [3.63, 3.8) is 0 Å². The quantitative estimate of drug-likeness (QED) is 0.161. The standard InChI is InChI=1S/C37H45FN6O4/c1-26-23-27(2)35(28(3)24-26)48-37(45)44(17-14-29-7-10-31(46-5)11-8-29)34-13-15-39-36(41-34)40-30-9-12-33(32(38)25-30)47-22-6-16-43-20-18-42(4)19-21-43/h7-13,15,23-25H,6,14,16-22H2,1-5H3,(H,39,40,41). The molecule has 1 aliphatic heterocycles. The molecular formula is C37H45FN6O4. The Morgan fingerprint density at radius 2 is 1.71 bits per heavy atom. The van der Waals surface area contributed by atoms with Crippen LogP contribution < -0.4 is 24.4 Å². The predicted molar refractivity (Wildman–Crippen MR) is 186 cm³/mol. The van der Waals surface area contributed by atoms with Gasteiger partial charge in [-0.25, -0.2) is 14.2 Å². The second-order valence-corrected chi connectivity index (χ2v) is 12.2. The lowest BCUT2D eigenvalue weighted by Crippen LogP contribution is -2.44. The number of aromatic nitrogens is 2. The first-order valence-corrected chi connectivity index (χ1v) is 16.3. The first-order chi connectivity index (χ1) is 23.2. The summed E-state index contributed by atoms with van der Waals surface area (Å²) in [5.74, 6) is 1.53. The van der Waals surface area contributed by atoms with Crippen molar-refractivity contribution in [2.24, 2.45) is 0 Å². The fourth-order valence-electron chi connectivity index (χ4n) is 5.73. The Bertz CT molecular complexity index is 1650. The van der Waals surface area contributed by atoms with Gasteiger partial charge >= 0.3 is 6.09 Å². The van der Waals surface area contributed by atoms with Crippen LogP contribution in [0.5, 0.6) is 17.2 Å². The SMILES string of the molecule is COc1ccc(CCN(C(=O)Oc2c(C)cc(C)cc2C)c2ccnc(Nc3ccc(OCCCN4CCN(C)CC4)c(F)c3)n2)cc1. The van der Waals surface area contributed by atoms with E-state index >= 15 is 0 Å². The number of halogens is 1. The number of likely N-dealkylation sites (N-methyl/N-ethyl adjacent to an activating group) is 1. The van der Waals surface area contributed by atoms with Gasteiger partial charge in [-0.05, 0) is 87.7 Å². The molecule has 0 atom stereocenters. The van der Waals surface area contributed by atoms with Gasteiger partial charge in [-0.2, -0.15) is 4.98 Å². The molecule has 1 aromatic heterocycles. The molecule has 1 amide bonds. The van der Waals surface area contributed by atoms with Crippen LogP contribution in [-0.4, -0.2) is 85.9 Å². The van der Waals surface area contributed by atoms with Crippen molar-refractivity contribution in [3.8, 4) is 17.2 Å². The number of rotatable bonds is 13. The van der Waals surface area contributed by atoms with Gasteiger partial charge in [0.25, 0.3) is 0 Å². The van der Waals surface area contributed by atoms with Crippen molar-refractivity contribution in [2.45, 2.75) is 33.6 Å². The van der Waals surface area contributed by atoms with Gasteiger partial charge in [0, 0.05) is 57.2 Å². The monoisotopic (exact) mass is 656 g/mol. The Balaban J connectivity index is 1.26. The number of benzene rings is 3. The number of carbonyl (C=O) groups excluding carboxylic acids is 1. The van der Waals surface area contributed by atoms with Crippen LogP contribution in [0.1, 0.15) is 28.7 Å². The Labute approximate surface area is 282 Å². The minimum absolute atomic E-state index is 0.197. The Morgan fingerprint density at radius 1 is 0.979 bits per heavy atom. The summed E-state index contributed by atoms with van der Waals surface area (Å²) in [5.41, 5.74) is 4.29. The number of hydrogen-bond acceptors (Lipinski definition) is 9. The predicted octanol–water partition coefficient (Wildman–Crippen LogP) is 6.56. The highest BCUT2D eigenvalue weighted by Crippen LogP contribution is 2.27. The second kappa shape index (κ2) is 16.4. The van der Waals surface area contributed by atoms with Gasteiger partial charge in [-0.15, -0.1) is 0 Å². The lowest BCUT2D eigenvalue weighted by atomic mass is 10.1. The van der Waals surface area contributed by atoms with Gasteiger partial charge in [0.05, 0.1) is 13.7 Å². The largest absolute Gasteiger partial charge is 0.497 e. The summed E-state index contributed by atoms with van der Waals surface area (Å²) in [6, 6.07) is 18.0. The fraction of sp³-hybridized carbons (Fsp3) is 0.378. The molecule has 0 aliphatic carbocycles. The zero-order valence-electron chi connectivity index (χ0n) is 28.5. The molecule has 0 saturated carbocycles. The number of amides is 1. The highest BCUT2D eigenvalue weighted by molar-refractivity contribution is 5.88. The van der Waals surface area contributed by atoms with Crippen molar-refractivity contribution >= 4 is 23.5 Å². The third kappa shape index (κ3) is 9.42. The number of carbonyl (C=O) groups is 1. The van der Waals surface area contributed by atoms with E-state index < -0.39 is 11.9 Å². The molecule has 1 fully saturated rings. The van der Waals surface area contributed by atoms with Gasteiger partial charge in [0.15, 0.2) is 11.6 Å². The molecule has 1 N–H and O–H groups in total. The number of anilines is 3. The van der Waals surface area contributed by atoms with E-state index in [0.717, 1.165) is 67.1 Å². The minimum Gasteiger partial charge on any atom is -0.497 e. The number of nitrogens with one attached hydrogen (secondary N) is 1. The molecule has 1 aliphatic rings. The van der Waals surface area contributed by atoms with Gasteiger partial charge in [0.2, 0.25) is 5.95 Å². The van der Waals surface area contributed by atoms with Crippen LogP contribution in [0.15, 0.2) is 66.9 Å². The first-order valence-electron chi connectivity index (χ1n) is 16.3. The molecule has 0 radical (unpaired) electrons. The summed E-state index contributed by atoms with van der Waals surface area (Å²) < 4.78 is 32.0. The number of methoxy groups -OCH3 is 1. The minimum atomic E-state index is -0.566. The van der Waals surface area contributed by atoms with E-state index in [2.05, 4.69) is 32.1 Å². The third-order valence-corrected chi connectivity index (χ3v) is 8.38. The van der Waals surface area contributed by atoms with Gasteiger partial charge in [0.1, 0.15) is 17.3 Å². The third-order valence-electron chi connectivity index (χ3n) is 8.38. The van der Waals surface area contributed by atoms with Crippen LogP contribution in [-0.2, 0) is 6.42 Å². The lowest BCUT2D eigenvalue weighted by Gasteiger charge is -2.32. The molecule has 0 unspecified atom stereocenters. The molecule has 254 valence electrons. The van der Waals surface area contributed by atoms with Crippen molar-refractivity contribution in [1.82, 2.24) is 19.8 Å². The molecule has 3 aromatic carbocycles. The Hall–Kier alpha value is -4.74. The van der Waals surface area contributed by atoms with E-state index in [9.17, 15) is 9.18 Å². The maximum atomic E-state index is 15.0.